The number of carbonyl (C=O) groups excluding carboxylic acids is 9. The van der Waals surface area contributed by atoms with Gasteiger partial charge in [0.2, 0.25) is 41.4 Å². The molecular formula is C51H69N7O15. The summed E-state index contributed by atoms with van der Waals surface area (Å²) in [7, 11) is 1.32. The summed E-state index contributed by atoms with van der Waals surface area (Å²) in [6, 6.07) is 4.69. The smallest absolute Gasteiger partial charge is 0.332 e. The van der Waals surface area contributed by atoms with E-state index in [0.29, 0.717) is 17.7 Å². The average molecular weight is 1020 g/mol. The molecule has 0 aromatic heterocycles. The lowest BCUT2D eigenvalue weighted by Gasteiger charge is -2.34. The molecule has 0 radical (unpaired) electrons. The molecule has 22 nitrogen and oxygen atoms in total. The van der Waals surface area contributed by atoms with Crippen molar-refractivity contribution in [3.8, 4) is 5.75 Å². The SMILES string of the molecule is CC[C@H](C)C1NC(=O)[C@@H](NC(=O)[C@H](C)[C@H](O)C(C)C)[C@@H](C)OC(=O)C2COC(=O)CNC(=O)/C=C\[C@]3(CO3)[C@@H](C)Oc3ccc(cc3)C(NC1=O)C(=O)N(C)[C@@H](Cc1ccccc1)C(=O)NC([C@@H](C)O)C(=O)N2. The number of aliphatic hydroxyl groups is 2. The summed E-state index contributed by atoms with van der Waals surface area (Å²) in [6.45, 7) is 10.8. The number of nitrogens with zero attached hydrogens (tertiary/aromatic N) is 1. The van der Waals surface area contributed by atoms with E-state index < -0.39 is 150 Å². The predicted octanol–water partition coefficient (Wildman–Crippen LogP) is -0.356. The standard InChI is InChI=1S/C51H69N7O15/c1-10-27(4)39-46(65)57-42-33-16-18-34(19-17-33)73-31(8)51(25-71-51)21-20-37(60)52-23-38(61)70-24-35(50(69)72-30(7)41(48(67)54-39)56-44(63)28(5)43(62)26(2)3)53-47(66)40(29(6)59)55-45(64)36(58(9)49(42)68)22-32-14-12-11-13-15-32/h11-21,26-31,35-36,39-43,59,62H,10,22-25H2,1-9H3,(H,52,60)(H,53,66)(H,54,67)(H,55,64)(H,56,63)(H,57,65)/b21-20-/t27-,28+,29+,30+,31+,35?,36-,39?,40?,41-,42?,43+,51-/m0/s1. The number of benzene rings is 2. The van der Waals surface area contributed by atoms with Gasteiger partial charge in [0, 0.05) is 19.5 Å². The maximum atomic E-state index is 15.2. The second-order valence-electron chi connectivity index (χ2n) is 19.2. The number of hydrogen-bond donors (Lipinski definition) is 8. The van der Waals surface area contributed by atoms with Crippen molar-refractivity contribution in [2.24, 2.45) is 17.8 Å². The summed E-state index contributed by atoms with van der Waals surface area (Å²) in [5.74, 6) is -10.7. The zero-order valence-electron chi connectivity index (χ0n) is 42.5. The van der Waals surface area contributed by atoms with E-state index in [1.807, 2.05) is 0 Å². The second kappa shape index (κ2) is 25.2. The third kappa shape index (κ3) is 14.8. The molecule has 7 amide bonds. The van der Waals surface area contributed by atoms with Crippen LogP contribution in [0, 0.1) is 17.8 Å². The van der Waals surface area contributed by atoms with Gasteiger partial charge in [0.15, 0.2) is 6.04 Å². The minimum absolute atomic E-state index is 0.141. The van der Waals surface area contributed by atoms with Crippen molar-refractivity contribution < 1.29 is 72.3 Å². The minimum Gasteiger partial charge on any atom is -0.487 e. The molecule has 13 atom stereocenters. The lowest BCUT2D eigenvalue weighted by atomic mass is 9.93. The summed E-state index contributed by atoms with van der Waals surface area (Å²) in [4.78, 5) is 129. The zero-order chi connectivity index (χ0) is 53.9. The molecule has 0 aliphatic carbocycles. The highest BCUT2D eigenvalue weighted by molar-refractivity contribution is 5.98. The summed E-state index contributed by atoms with van der Waals surface area (Å²) in [5.41, 5.74) is -0.249. The van der Waals surface area contributed by atoms with Gasteiger partial charge in [-0.2, -0.15) is 0 Å². The number of likely N-dealkylation sites (N-methyl/N-ethyl adjacent to an activating group) is 1. The third-order valence-electron chi connectivity index (χ3n) is 13.4. The molecule has 2 aromatic carbocycles. The number of rotatable bonds is 9. The van der Waals surface area contributed by atoms with Crippen LogP contribution < -0.4 is 36.6 Å². The van der Waals surface area contributed by atoms with E-state index in [9.17, 15) is 48.6 Å². The van der Waals surface area contributed by atoms with Gasteiger partial charge in [-0.05, 0) is 61.9 Å². The Hall–Kier alpha value is -6.91. The number of amides is 7. The summed E-state index contributed by atoms with van der Waals surface area (Å²) >= 11 is 0. The number of esters is 2. The van der Waals surface area contributed by atoms with Gasteiger partial charge in [0.1, 0.15) is 66.9 Å². The predicted molar refractivity (Wildman–Crippen MR) is 260 cm³/mol. The van der Waals surface area contributed by atoms with Crippen LogP contribution in [0.3, 0.4) is 0 Å². The van der Waals surface area contributed by atoms with Gasteiger partial charge < -0.3 is 66.0 Å². The lowest BCUT2D eigenvalue weighted by Crippen LogP contribution is -2.61. The van der Waals surface area contributed by atoms with E-state index in [1.54, 1.807) is 65.0 Å². The zero-order valence-corrected chi connectivity index (χ0v) is 42.5. The Morgan fingerprint density at radius 2 is 1.45 bits per heavy atom. The van der Waals surface area contributed by atoms with Crippen molar-refractivity contribution in [3.63, 3.8) is 0 Å². The number of ether oxygens (including phenoxy) is 4. The number of nitrogens with one attached hydrogen (secondary N) is 6. The van der Waals surface area contributed by atoms with Gasteiger partial charge >= 0.3 is 11.9 Å². The fourth-order valence-electron chi connectivity index (χ4n) is 8.15. The van der Waals surface area contributed by atoms with Gasteiger partial charge in [-0.3, -0.25) is 38.4 Å². The van der Waals surface area contributed by atoms with E-state index in [1.165, 1.54) is 58.2 Å². The number of fused-ring (bicyclic) bond motifs is 9. The van der Waals surface area contributed by atoms with Crippen LogP contribution in [0.25, 0.3) is 0 Å². The van der Waals surface area contributed by atoms with E-state index in [2.05, 4.69) is 31.9 Å². The highest BCUT2D eigenvalue weighted by Crippen LogP contribution is 2.35. The third-order valence-corrected chi connectivity index (χ3v) is 13.4. The summed E-state index contributed by atoms with van der Waals surface area (Å²) in [5, 5.41) is 37.1. The second-order valence-corrected chi connectivity index (χ2v) is 19.2. The molecule has 2 fully saturated rings. The highest BCUT2D eigenvalue weighted by Gasteiger charge is 2.49. The Balaban J connectivity index is 1.72. The maximum Gasteiger partial charge on any atom is 0.332 e. The topological polar surface area (TPSA) is 310 Å². The largest absolute Gasteiger partial charge is 0.487 e. The van der Waals surface area contributed by atoms with Crippen molar-refractivity contribution in [3.05, 3.63) is 77.9 Å². The van der Waals surface area contributed by atoms with Crippen molar-refractivity contribution in [1.82, 2.24) is 36.8 Å². The Labute approximate surface area is 424 Å². The van der Waals surface area contributed by atoms with Crippen molar-refractivity contribution in [1.29, 1.82) is 0 Å². The molecule has 0 saturated carbocycles. The fraction of sp³-hybridized carbons (Fsp3) is 0.549. The summed E-state index contributed by atoms with van der Waals surface area (Å²) < 4.78 is 23.0. The van der Waals surface area contributed by atoms with Crippen molar-refractivity contribution >= 4 is 53.3 Å². The Morgan fingerprint density at radius 1 is 0.822 bits per heavy atom. The molecular weight excluding hydrogens is 951 g/mol. The quantitative estimate of drug-likeness (QED) is 0.118. The van der Waals surface area contributed by atoms with Crippen LogP contribution in [0.15, 0.2) is 66.7 Å². The van der Waals surface area contributed by atoms with E-state index in [0.717, 1.165) is 11.0 Å². The highest BCUT2D eigenvalue weighted by atomic mass is 16.6. The Morgan fingerprint density at radius 3 is 2.05 bits per heavy atom. The molecule has 2 saturated heterocycles. The molecule has 2 aromatic rings. The van der Waals surface area contributed by atoms with Crippen LogP contribution in [-0.2, 0) is 63.8 Å². The minimum atomic E-state index is -1.94. The van der Waals surface area contributed by atoms with Gasteiger partial charge in [-0.15, -0.1) is 0 Å². The van der Waals surface area contributed by atoms with Crippen LogP contribution in [0.2, 0.25) is 0 Å². The average Bonchev–Trinajstić information content (AvgIpc) is 4.17. The van der Waals surface area contributed by atoms with Gasteiger partial charge in [0.05, 0.1) is 24.7 Å². The molecule has 1 spiro atoms. The van der Waals surface area contributed by atoms with Crippen LogP contribution in [-0.4, -0.2) is 155 Å². The number of carbonyl (C=O) groups is 9. The number of aliphatic hydroxyl groups excluding tert-OH is 2. The van der Waals surface area contributed by atoms with E-state index >= 15 is 4.79 Å². The molecule has 6 rings (SSSR count). The maximum absolute atomic E-state index is 15.2. The molecule has 4 aliphatic rings. The van der Waals surface area contributed by atoms with Crippen LogP contribution in [0.4, 0.5) is 0 Å². The number of epoxide rings is 1. The number of hydrogen-bond acceptors (Lipinski definition) is 15. The molecule has 4 unspecified atom stereocenters. The van der Waals surface area contributed by atoms with Gasteiger partial charge in [-0.1, -0.05) is 83.5 Å². The lowest BCUT2D eigenvalue weighted by molar-refractivity contribution is -0.160. The Kier molecular flexibility index (Phi) is 19.6. The Bertz CT molecular complexity index is 2360. The van der Waals surface area contributed by atoms with Crippen LogP contribution in [0.5, 0.6) is 5.75 Å². The molecule has 398 valence electrons. The van der Waals surface area contributed by atoms with Gasteiger partial charge in [-0.25, -0.2) is 4.79 Å². The van der Waals surface area contributed by atoms with E-state index in [-0.39, 0.29) is 18.6 Å². The first-order valence-electron chi connectivity index (χ1n) is 24.4. The normalized spacial score (nSPS) is 29.3. The monoisotopic (exact) mass is 1020 g/mol. The first-order valence-corrected chi connectivity index (χ1v) is 24.4. The molecule has 4 aliphatic heterocycles. The summed E-state index contributed by atoms with van der Waals surface area (Å²) in [6.07, 6.45) is -2.39. The van der Waals surface area contributed by atoms with Crippen LogP contribution in [0.1, 0.15) is 79.0 Å². The molecule has 22 heteroatoms. The fourth-order valence-corrected chi connectivity index (χ4v) is 8.15. The van der Waals surface area contributed by atoms with Gasteiger partial charge in [0.25, 0.3) is 0 Å². The van der Waals surface area contributed by atoms with Crippen molar-refractivity contribution in [2.75, 3.05) is 26.8 Å². The van der Waals surface area contributed by atoms with Crippen molar-refractivity contribution in [2.45, 2.75) is 134 Å². The first-order chi connectivity index (χ1) is 34.5. The molecule has 4 bridgehead atoms. The van der Waals surface area contributed by atoms with E-state index in [4.69, 9.17) is 18.9 Å². The van der Waals surface area contributed by atoms with Crippen LogP contribution >= 0.6 is 0 Å². The first kappa shape index (κ1) is 57.0. The molecule has 4 heterocycles. The molecule has 73 heavy (non-hydrogen) atoms. The molecule has 8 N–H and O–H groups in total. The number of cyclic esters (lactones) is 1.